The van der Waals surface area contributed by atoms with Crippen LogP contribution >= 0.6 is 11.3 Å². The number of ether oxygens (including phenoxy) is 1. The van der Waals surface area contributed by atoms with Gasteiger partial charge in [-0.05, 0) is 37.6 Å². The molecule has 0 amide bonds. The maximum absolute atomic E-state index is 13.3. The number of aryl methyl sites for hydroxylation is 1. The molecule has 0 aliphatic heterocycles. The maximum atomic E-state index is 13.3. The summed E-state index contributed by atoms with van der Waals surface area (Å²) in [5.41, 5.74) is 2.53. The molecule has 0 atom stereocenters. The number of aliphatic imine (C=N–C) groups is 1. The summed E-state index contributed by atoms with van der Waals surface area (Å²) in [5, 5.41) is 3.51. The van der Waals surface area contributed by atoms with Crippen LogP contribution in [0.5, 0.6) is 0 Å². The number of rotatable bonds is 5. The van der Waals surface area contributed by atoms with E-state index in [1.807, 2.05) is 43.3 Å². The number of carbonyl (C=O) groups is 1. The zero-order valence-electron chi connectivity index (χ0n) is 16.7. The first-order chi connectivity index (χ1) is 14.5. The van der Waals surface area contributed by atoms with Gasteiger partial charge >= 0.3 is 5.97 Å². The van der Waals surface area contributed by atoms with Gasteiger partial charge in [-0.25, -0.2) is 15.0 Å². The zero-order valence-corrected chi connectivity index (χ0v) is 17.5. The van der Waals surface area contributed by atoms with Crippen LogP contribution in [0.3, 0.4) is 0 Å². The second-order valence-electron chi connectivity index (χ2n) is 6.66. The summed E-state index contributed by atoms with van der Waals surface area (Å²) in [5.74, 6) is 0.0573. The van der Waals surface area contributed by atoms with Crippen LogP contribution in [0, 0.1) is 6.92 Å². The summed E-state index contributed by atoms with van der Waals surface area (Å²) in [4.78, 5) is 38.6. The van der Waals surface area contributed by atoms with Crippen molar-refractivity contribution >= 4 is 39.1 Å². The van der Waals surface area contributed by atoms with Crippen LogP contribution < -0.4 is 5.56 Å². The number of fused-ring (bicyclic) bond motifs is 1. The highest BCUT2D eigenvalue weighted by Crippen LogP contribution is 2.24. The number of esters is 1. The Labute approximate surface area is 175 Å². The van der Waals surface area contributed by atoms with Gasteiger partial charge in [0.1, 0.15) is 0 Å². The molecule has 3 heterocycles. The standard InChI is InChI=1S/C21H19N5O3S/c1-12-7-6-10-22-19(12)23-13(2)18-15(11-17(27)29-3)25-26(20(18)28)21-24-14-8-4-5-9-16(14)30-21/h4-10,25H,11H2,1-3H3/b23-13+. The minimum Gasteiger partial charge on any atom is -0.469 e. The van der Waals surface area contributed by atoms with E-state index < -0.39 is 5.97 Å². The van der Waals surface area contributed by atoms with Crippen LogP contribution in [0.1, 0.15) is 23.7 Å². The van der Waals surface area contributed by atoms with E-state index in [-0.39, 0.29) is 12.0 Å². The minimum absolute atomic E-state index is 0.0902. The topological polar surface area (TPSA) is 102 Å². The van der Waals surface area contributed by atoms with Crippen LogP contribution in [0.25, 0.3) is 15.3 Å². The SMILES string of the molecule is COC(=O)Cc1[nH]n(-c2nc3ccccc3s2)c(=O)c1/C(C)=N/c1ncccc1C. The Kier molecular flexibility index (Phi) is 5.28. The highest BCUT2D eigenvalue weighted by atomic mass is 32.1. The van der Waals surface area contributed by atoms with Crippen molar-refractivity contribution in [2.45, 2.75) is 20.3 Å². The Morgan fingerprint density at radius 3 is 2.80 bits per heavy atom. The van der Waals surface area contributed by atoms with E-state index in [0.717, 1.165) is 15.8 Å². The van der Waals surface area contributed by atoms with Gasteiger partial charge in [0.05, 0.1) is 40.7 Å². The van der Waals surface area contributed by atoms with E-state index in [1.165, 1.54) is 23.1 Å². The number of methoxy groups -OCH3 is 1. The molecule has 0 aliphatic carbocycles. The predicted molar refractivity (Wildman–Crippen MR) is 116 cm³/mol. The van der Waals surface area contributed by atoms with Gasteiger partial charge in [0, 0.05) is 6.20 Å². The fraction of sp³-hybridized carbons (Fsp3) is 0.190. The highest BCUT2D eigenvalue weighted by Gasteiger charge is 2.22. The third-order valence-electron chi connectivity index (χ3n) is 4.61. The first kappa shape index (κ1) is 19.7. The average molecular weight is 421 g/mol. The van der Waals surface area contributed by atoms with Gasteiger partial charge in [-0.2, -0.15) is 4.68 Å². The number of thiazole rings is 1. The fourth-order valence-electron chi connectivity index (χ4n) is 3.10. The molecule has 0 fully saturated rings. The van der Waals surface area contributed by atoms with Crippen molar-refractivity contribution in [1.82, 2.24) is 19.7 Å². The minimum atomic E-state index is -0.462. The molecule has 1 aromatic carbocycles. The highest BCUT2D eigenvalue weighted by molar-refractivity contribution is 7.20. The van der Waals surface area contributed by atoms with E-state index in [2.05, 4.69) is 20.1 Å². The quantitative estimate of drug-likeness (QED) is 0.393. The molecule has 0 unspecified atom stereocenters. The molecule has 0 saturated heterocycles. The number of nitrogens with one attached hydrogen (secondary N) is 1. The molecule has 0 aliphatic rings. The Hall–Kier alpha value is -3.59. The molecule has 3 aromatic heterocycles. The molecule has 152 valence electrons. The van der Waals surface area contributed by atoms with E-state index in [0.29, 0.717) is 27.9 Å². The molecule has 9 heteroatoms. The van der Waals surface area contributed by atoms with Crippen molar-refractivity contribution < 1.29 is 9.53 Å². The van der Waals surface area contributed by atoms with Gasteiger partial charge in [0.25, 0.3) is 5.56 Å². The maximum Gasteiger partial charge on any atom is 0.311 e. The van der Waals surface area contributed by atoms with Crippen molar-refractivity contribution in [1.29, 1.82) is 0 Å². The second kappa shape index (κ2) is 8.03. The molecule has 8 nitrogen and oxygen atoms in total. The number of para-hydroxylation sites is 1. The second-order valence-corrected chi connectivity index (χ2v) is 7.67. The predicted octanol–water partition coefficient (Wildman–Crippen LogP) is 3.33. The van der Waals surface area contributed by atoms with E-state index in [4.69, 9.17) is 4.74 Å². The number of carbonyl (C=O) groups excluding carboxylic acids is 1. The number of benzene rings is 1. The number of H-pyrrole nitrogens is 1. The first-order valence-electron chi connectivity index (χ1n) is 9.22. The lowest BCUT2D eigenvalue weighted by molar-refractivity contribution is -0.139. The van der Waals surface area contributed by atoms with E-state index in [9.17, 15) is 9.59 Å². The van der Waals surface area contributed by atoms with Crippen LogP contribution in [-0.4, -0.2) is 38.5 Å². The van der Waals surface area contributed by atoms with Crippen LogP contribution in [0.2, 0.25) is 0 Å². The van der Waals surface area contributed by atoms with Crippen LogP contribution in [-0.2, 0) is 16.0 Å². The Morgan fingerprint density at radius 2 is 2.07 bits per heavy atom. The summed E-state index contributed by atoms with van der Waals surface area (Å²) in [6, 6.07) is 11.4. The molecule has 0 bridgehead atoms. The zero-order chi connectivity index (χ0) is 21.3. The normalized spacial score (nSPS) is 11.8. The van der Waals surface area contributed by atoms with Crippen LogP contribution in [0.15, 0.2) is 52.4 Å². The third kappa shape index (κ3) is 3.67. The van der Waals surface area contributed by atoms with Gasteiger partial charge in [-0.15, -0.1) is 0 Å². The lowest BCUT2D eigenvalue weighted by atomic mass is 10.1. The molecule has 4 rings (SSSR count). The van der Waals surface area contributed by atoms with Crippen molar-refractivity contribution in [3.63, 3.8) is 0 Å². The van der Waals surface area contributed by atoms with Gasteiger partial charge in [-0.1, -0.05) is 29.5 Å². The summed E-state index contributed by atoms with van der Waals surface area (Å²) in [6.07, 6.45) is 1.55. The van der Waals surface area contributed by atoms with Gasteiger partial charge < -0.3 is 4.74 Å². The lowest BCUT2D eigenvalue weighted by Gasteiger charge is -2.03. The first-order valence-corrected chi connectivity index (χ1v) is 10.0. The van der Waals surface area contributed by atoms with Crippen molar-refractivity contribution in [3.8, 4) is 5.13 Å². The number of aromatic amines is 1. The summed E-state index contributed by atoms with van der Waals surface area (Å²) in [7, 11) is 1.31. The number of nitrogens with zero attached hydrogens (tertiary/aromatic N) is 4. The molecule has 0 spiro atoms. The van der Waals surface area contributed by atoms with Gasteiger partial charge in [-0.3, -0.25) is 14.7 Å². The molecular weight excluding hydrogens is 402 g/mol. The Bertz CT molecular complexity index is 1300. The summed E-state index contributed by atoms with van der Waals surface area (Å²) < 4.78 is 7.10. The summed E-state index contributed by atoms with van der Waals surface area (Å²) in [6.45, 7) is 3.62. The Balaban J connectivity index is 1.87. The smallest absolute Gasteiger partial charge is 0.311 e. The van der Waals surface area contributed by atoms with E-state index in [1.54, 1.807) is 13.1 Å². The van der Waals surface area contributed by atoms with Gasteiger partial charge in [0.2, 0.25) is 5.13 Å². The largest absolute Gasteiger partial charge is 0.469 e. The van der Waals surface area contributed by atoms with Crippen molar-refractivity contribution in [2.24, 2.45) is 4.99 Å². The molecule has 0 radical (unpaired) electrons. The fourth-order valence-corrected chi connectivity index (χ4v) is 4.02. The van der Waals surface area contributed by atoms with E-state index >= 15 is 0 Å². The monoisotopic (exact) mass is 421 g/mol. The van der Waals surface area contributed by atoms with Crippen molar-refractivity contribution in [2.75, 3.05) is 7.11 Å². The molecular formula is C21H19N5O3S. The third-order valence-corrected chi connectivity index (χ3v) is 5.63. The lowest BCUT2D eigenvalue weighted by Crippen LogP contribution is -2.20. The Morgan fingerprint density at radius 1 is 1.27 bits per heavy atom. The van der Waals surface area contributed by atoms with Gasteiger partial charge in [0.15, 0.2) is 5.82 Å². The molecule has 30 heavy (non-hydrogen) atoms. The number of hydrogen-bond acceptors (Lipinski definition) is 7. The average Bonchev–Trinajstić information content (AvgIpc) is 3.30. The summed E-state index contributed by atoms with van der Waals surface area (Å²) >= 11 is 1.38. The van der Waals surface area contributed by atoms with Crippen molar-refractivity contribution in [3.05, 3.63) is 69.8 Å². The number of pyridine rings is 1. The molecule has 4 aromatic rings. The number of aromatic nitrogens is 4. The molecule has 0 saturated carbocycles. The number of hydrogen-bond donors (Lipinski definition) is 1. The molecule has 1 N–H and O–H groups in total. The van der Waals surface area contributed by atoms with Crippen LogP contribution in [0.4, 0.5) is 5.82 Å².